The third-order valence-electron chi connectivity index (χ3n) is 3.64. The summed E-state index contributed by atoms with van der Waals surface area (Å²) in [5.74, 6) is 0.694. The number of hydrogen-bond acceptors (Lipinski definition) is 4. The van der Waals surface area contributed by atoms with Crippen LogP contribution in [0.4, 0.5) is 0 Å². The molecule has 5 nitrogen and oxygen atoms in total. The molecule has 1 saturated heterocycles. The van der Waals surface area contributed by atoms with Crippen LogP contribution < -0.4 is 10.9 Å². The van der Waals surface area contributed by atoms with Crippen LogP contribution in [0.3, 0.4) is 0 Å². The van der Waals surface area contributed by atoms with E-state index in [-0.39, 0.29) is 11.7 Å². The maximum Gasteiger partial charge on any atom is 0.258 e. The van der Waals surface area contributed by atoms with Gasteiger partial charge in [0.15, 0.2) is 0 Å². The average molecular weight is 285 g/mol. The molecule has 1 unspecified atom stereocenters. The molecule has 1 aliphatic rings. The molecule has 1 aliphatic heterocycles. The molecule has 1 atom stereocenters. The number of benzene rings is 1. The highest BCUT2D eigenvalue weighted by atomic mass is 16.5. The SMILES string of the molecule is Cc1cc(=O)n(-c2cccc(C3CNCCO3)c2)c(C)n1. The van der Waals surface area contributed by atoms with E-state index in [0.29, 0.717) is 12.4 Å². The molecule has 2 aromatic rings. The summed E-state index contributed by atoms with van der Waals surface area (Å²) in [7, 11) is 0. The lowest BCUT2D eigenvalue weighted by molar-refractivity contribution is 0.0277. The zero-order valence-corrected chi connectivity index (χ0v) is 12.3. The summed E-state index contributed by atoms with van der Waals surface area (Å²) in [6.45, 7) is 6.07. The van der Waals surface area contributed by atoms with Crippen LogP contribution in [-0.2, 0) is 4.74 Å². The molecule has 1 aromatic carbocycles. The number of ether oxygens (including phenoxy) is 1. The Kier molecular flexibility index (Phi) is 3.86. The summed E-state index contributed by atoms with van der Waals surface area (Å²) in [5.41, 5.74) is 2.59. The minimum atomic E-state index is -0.0557. The van der Waals surface area contributed by atoms with Gasteiger partial charge in [-0.05, 0) is 31.5 Å². The van der Waals surface area contributed by atoms with Gasteiger partial charge in [-0.1, -0.05) is 12.1 Å². The van der Waals surface area contributed by atoms with Crippen LogP contribution in [0.15, 0.2) is 35.1 Å². The molecular formula is C16H19N3O2. The molecule has 3 rings (SSSR count). The normalized spacial score (nSPS) is 18.7. The van der Waals surface area contributed by atoms with E-state index in [0.717, 1.165) is 30.0 Å². The Bertz CT molecular complexity index is 703. The summed E-state index contributed by atoms with van der Waals surface area (Å²) in [4.78, 5) is 16.6. The van der Waals surface area contributed by atoms with Gasteiger partial charge in [0.2, 0.25) is 0 Å². The van der Waals surface area contributed by atoms with Gasteiger partial charge in [-0.2, -0.15) is 0 Å². The molecule has 1 fully saturated rings. The highest BCUT2D eigenvalue weighted by Crippen LogP contribution is 2.21. The van der Waals surface area contributed by atoms with Gasteiger partial charge in [-0.25, -0.2) is 4.98 Å². The van der Waals surface area contributed by atoms with Crippen molar-refractivity contribution in [1.29, 1.82) is 0 Å². The molecule has 0 amide bonds. The van der Waals surface area contributed by atoms with Gasteiger partial charge in [0.25, 0.3) is 5.56 Å². The van der Waals surface area contributed by atoms with E-state index in [9.17, 15) is 4.79 Å². The molecule has 2 heterocycles. The number of hydrogen-bond donors (Lipinski definition) is 1. The molecule has 0 spiro atoms. The fraction of sp³-hybridized carbons (Fsp3) is 0.375. The fourth-order valence-electron chi connectivity index (χ4n) is 2.70. The number of rotatable bonds is 2. The maximum atomic E-state index is 12.2. The zero-order chi connectivity index (χ0) is 14.8. The number of aromatic nitrogens is 2. The number of nitrogens with zero attached hydrogens (tertiary/aromatic N) is 2. The lowest BCUT2D eigenvalue weighted by Crippen LogP contribution is -2.33. The smallest absolute Gasteiger partial charge is 0.258 e. The largest absolute Gasteiger partial charge is 0.371 e. The molecule has 0 aliphatic carbocycles. The molecule has 0 bridgehead atoms. The second kappa shape index (κ2) is 5.79. The monoisotopic (exact) mass is 285 g/mol. The van der Waals surface area contributed by atoms with Crippen LogP contribution in [0.1, 0.15) is 23.2 Å². The van der Waals surface area contributed by atoms with Gasteiger partial charge in [0, 0.05) is 24.8 Å². The van der Waals surface area contributed by atoms with E-state index in [2.05, 4.69) is 10.3 Å². The Balaban J connectivity index is 2.02. The first kappa shape index (κ1) is 14.0. The molecule has 0 saturated carbocycles. The Morgan fingerprint density at radius 2 is 2.19 bits per heavy atom. The quantitative estimate of drug-likeness (QED) is 0.908. The third-order valence-corrected chi connectivity index (χ3v) is 3.64. The fourth-order valence-corrected chi connectivity index (χ4v) is 2.70. The van der Waals surface area contributed by atoms with E-state index in [1.54, 1.807) is 10.6 Å². The van der Waals surface area contributed by atoms with Gasteiger partial charge in [-0.3, -0.25) is 9.36 Å². The van der Waals surface area contributed by atoms with E-state index in [1.165, 1.54) is 0 Å². The minimum absolute atomic E-state index is 0.0353. The molecular weight excluding hydrogens is 266 g/mol. The molecule has 0 radical (unpaired) electrons. The van der Waals surface area contributed by atoms with E-state index in [1.807, 2.05) is 38.1 Å². The van der Waals surface area contributed by atoms with E-state index < -0.39 is 0 Å². The van der Waals surface area contributed by atoms with Crippen molar-refractivity contribution < 1.29 is 4.74 Å². The molecule has 110 valence electrons. The second-order valence-electron chi connectivity index (χ2n) is 5.28. The zero-order valence-electron chi connectivity index (χ0n) is 12.3. The van der Waals surface area contributed by atoms with Crippen LogP contribution in [0, 0.1) is 13.8 Å². The number of nitrogens with one attached hydrogen (secondary N) is 1. The van der Waals surface area contributed by atoms with Crippen molar-refractivity contribution in [3.8, 4) is 5.69 Å². The highest BCUT2D eigenvalue weighted by molar-refractivity contribution is 5.38. The Morgan fingerprint density at radius 3 is 2.90 bits per heavy atom. The van der Waals surface area contributed by atoms with Gasteiger partial charge in [0.1, 0.15) is 5.82 Å². The topological polar surface area (TPSA) is 56.2 Å². The van der Waals surface area contributed by atoms with Crippen LogP contribution >= 0.6 is 0 Å². The molecule has 1 aromatic heterocycles. The molecule has 1 N–H and O–H groups in total. The Morgan fingerprint density at radius 1 is 1.33 bits per heavy atom. The van der Waals surface area contributed by atoms with Crippen molar-refractivity contribution in [2.45, 2.75) is 20.0 Å². The average Bonchev–Trinajstić information content (AvgIpc) is 2.47. The lowest BCUT2D eigenvalue weighted by Gasteiger charge is -2.24. The van der Waals surface area contributed by atoms with Crippen LogP contribution in [-0.4, -0.2) is 29.2 Å². The second-order valence-corrected chi connectivity index (χ2v) is 5.28. The predicted molar refractivity (Wildman–Crippen MR) is 80.9 cm³/mol. The van der Waals surface area contributed by atoms with Crippen LogP contribution in [0.5, 0.6) is 0 Å². The summed E-state index contributed by atoms with van der Waals surface area (Å²) in [6.07, 6.45) is 0.0353. The standard InChI is InChI=1S/C16H19N3O2/c1-11-8-16(20)19(12(2)18-11)14-5-3-4-13(9-14)15-10-17-6-7-21-15/h3-5,8-9,15,17H,6-7,10H2,1-2H3. The minimum Gasteiger partial charge on any atom is -0.371 e. The van der Waals surface area contributed by atoms with Gasteiger partial charge in [0.05, 0.1) is 18.4 Å². The maximum absolute atomic E-state index is 12.2. The van der Waals surface area contributed by atoms with E-state index in [4.69, 9.17) is 4.74 Å². The van der Waals surface area contributed by atoms with Gasteiger partial charge >= 0.3 is 0 Å². The van der Waals surface area contributed by atoms with Crippen molar-refractivity contribution >= 4 is 0 Å². The van der Waals surface area contributed by atoms with Crippen LogP contribution in [0.25, 0.3) is 5.69 Å². The predicted octanol–water partition coefficient (Wildman–Crippen LogP) is 1.51. The Labute approximate surface area is 123 Å². The third kappa shape index (κ3) is 2.89. The highest BCUT2D eigenvalue weighted by Gasteiger charge is 2.16. The summed E-state index contributed by atoms with van der Waals surface area (Å²) in [5, 5.41) is 3.32. The first-order chi connectivity index (χ1) is 10.1. The van der Waals surface area contributed by atoms with Crippen molar-refractivity contribution in [2.24, 2.45) is 0 Å². The van der Waals surface area contributed by atoms with E-state index >= 15 is 0 Å². The number of morpholine rings is 1. The summed E-state index contributed by atoms with van der Waals surface area (Å²) in [6, 6.07) is 9.46. The first-order valence-electron chi connectivity index (χ1n) is 7.15. The van der Waals surface area contributed by atoms with Crippen LogP contribution in [0.2, 0.25) is 0 Å². The summed E-state index contributed by atoms with van der Waals surface area (Å²) < 4.78 is 7.40. The van der Waals surface area contributed by atoms with Gasteiger partial charge < -0.3 is 10.1 Å². The van der Waals surface area contributed by atoms with Gasteiger partial charge in [-0.15, -0.1) is 0 Å². The Hall–Kier alpha value is -1.98. The first-order valence-corrected chi connectivity index (χ1v) is 7.15. The lowest BCUT2D eigenvalue weighted by atomic mass is 10.1. The van der Waals surface area contributed by atoms with Crippen molar-refractivity contribution in [2.75, 3.05) is 19.7 Å². The van der Waals surface area contributed by atoms with Crippen molar-refractivity contribution in [3.05, 3.63) is 57.8 Å². The van der Waals surface area contributed by atoms with Crippen molar-refractivity contribution in [3.63, 3.8) is 0 Å². The molecule has 5 heteroatoms. The number of aryl methyl sites for hydroxylation is 2. The van der Waals surface area contributed by atoms with Crippen molar-refractivity contribution in [1.82, 2.24) is 14.9 Å². The molecule has 21 heavy (non-hydrogen) atoms. The summed E-state index contributed by atoms with van der Waals surface area (Å²) >= 11 is 0.